The topological polar surface area (TPSA) is 84.3 Å². The molecule has 0 saturated carbocycles. The Morgan fingerprint density at radius 3 is 3.17 bits per heavy atom. The number of esters is 1. The third-order valence-corrected chi connectivity index (χ3v) is 4.12. The number of ether oxygens (including phenoxy) is 1. The fourth-order valence-electron chi connectivity index (χ4n) is 2.99. The van der Waals surface area contributed by atoms with Crippen LogP contribution in [-0.4, -0.2) is 40.3 Å². The number of carbonyl (C=O) groups is 1. The number of hydrogen-bond acceptors (Lipinski definition) is 6. The Morgan fingerprint density at radius 2 is 2.42 bits per heavy atom. The first-order chi connectivity index (χ1) is 11.7. The van der Waals surface area contributed by atoms with Crippen molar-refractivity contribution in [3.8, 4) is 6.07 Å². The van der Waals surface area contributed by atoms with Gasteiger partial charge in [-0.05, 0) is 38.4 Å². The molecule has 7 heteroatoms. The average molecular weight is 328 g/mol. The molecule has 1 atom stereocenters. The summed E-state index contributed by atoms with van der Waals surface area (Å²) in [5.74, 6) is 0.792. The van der Waals surface area contributed by atoms with Crippen molar-refractivity contribution in [3.05, 3.63) is 41.6 Å². The second-order valence-electron chi connectivity index (χ2n) is 5.84. The molecule has 0 radical (unpaired) electrons. The predicted octanol–water partition coefficient (Wildman–Crippen LogP) is 2.36. The number of nitriles is 1. The molecule has 24 heavy (non-hydrogen) atoms. The SMILES string of the molecule is CCOC(=O)c1cnn([C@@H]2CCCN(Cc3ccc(C#N)o3)C2)c1. The highest BCUT2D eigenvalue weighted by Gasteiger charge is 2.23. The summed E-state index contributed by atoms with van der Waals surface area (Å²) >= 11 is 0. The zero-order chi connectivity index (χ0) is 16.9. The van der Waals surface area contributed by atoms with E-state index in [1.54, 1.807) is 25.4 Å². The molecular weight excluding hydrogens is 308 g/mol. The Morgan fingerprint density at radius 1 is 1.54 bits per heavy atom. The van der Waals surface area contributed by atoms with E-state index in [9.17, 15) is 4.79 Å². The van der Waals surface area contributed by atoms with Crippen molar-refractivity contribution < 1.29 is 13.9 Å². The van der Waals surface area contributed by atoms with Gasteiger partial charge in [0, 0.05) is 12.7 Å². The van der Waals surface area contributed by atoms with Gasteiger partial charge in [-0.2, -0.15) is 10.4 Å². The summed E-state index contributed by atoms with van der Waals surface area (Å²) in [5.41, 5.74) is 0.485. The van der Waals surface area contributed by atoms with E-state index in [4.69, 9.17) is 14.4 Å². The molecule has 3 heterocycles. The summed E-state index contributed by atoms with van der Waals surface area (Å²) in [4.78, 5) is 14.0. The molecule has 7 nitrogen and oxygen atoms in total. The van der Waals surface area contributed by atoms with Crippen LogP contribution in [0.25, 0.3) is 0 Å². The number of carbonyl (C=O) groups excluding carboxylic acids is 1. The van der Waals surface area contributed by atoms with Crippen molar-refractivity contribution in [2.45, 2.75) is 32.4 Å². The minimum Gasteiger partial charge on any atom is -0.462 e. The van der Waals surface area contributed by atoms with E-state index in [0.717, 1.165) is 31.7 Å². The van der Waals surface area contributed by atoms with Crippen LogP contribution in [0.2, 0.25) is 0 Å². The number of rotatable bonds is 5. The lowest BCUT2D eigenvalue weighted by Crippen LogP contribution is -2.36. The van der Waals surface area contributed by atoms with Gasteiger partial charge in [0.05, 0.1) is 31.0 Å². The Balaban J connectivity index is 1.63. The van der Waals surface area contributed by atoms with E-state index in [-0.39, 0.29) is 12.0 Å². The number of likely N-dealkylation sites (tertiary alicyclic amines) is 1. The summed E-state index contributed by atoms with van der Waals surface area (Å²) in [6.45, 7) is 4.62. The Labute approximate surface area is 140 Å². The second-order valence-corrected chi connectivity index (χ2v) is 5.84. The van der Waals surface area contributed by atoms with Crippen molar-refractivity contribution in [2.24, 2.45) is 0 Å². The van der Waals surface area contributed by atoms with Crippen LogP contribution >= 0.6 is 0 Å². The summed E-state index contributed by atoms with van der Waals surface area (Å²) in [6, 6.07) is 5.75. The van der Waals surface area contributed by atoms with E-state index >= 15 is 0 Å². The average Bonchev–Trinajstić information content (AvgIpc) is 3.24. The van der Waals surface area contributed by atoms with Gasteiger partial charge in [-0.25, -0.2) is 4.79 Å². The maximum Gasteiger partial charge on any atom is 0.341 e. The molecule has 0 N–H and O–H groups in total. The normalized spacial score (nSPS) is 18.2. The summed E-state index contributed by atoms with van der Waals surface area (Å²) < 4.78 is 12.3. The van der Waals surface area contributed by atoms with E-state index in [1.165, 1.54) is 0 Å². The van der Waals surface area contributed by atoms with Crippen molar-refractivity contribution in [1.29, 1.82) is 5.26 Å². The van der Waals surface area contributed by atoms with Crippen molar-refractivity contribution in [2.75, 3.05) is 19.7 Å². The molecule has 3 rings (SSSR count). The molecule has 1 aliphatic heterocycles. The summed E-state index contributed by atoms with van der Waals surface area (Å²) in [7, 11) is 0. The van der Waals surface area contributed by atoms with E-state index in [1.807, 2.05) is 16.8 Å². The molecule has 0 unspecified atom stereocenters. The molecule has 0 aliphatic carbocycles. The van der Waals surface area contributed by atoms with Gasteiger partial charge in [-0.3, -0.25) is 9.58 Å². The minimum atomic E-state index is -0.337. The van der Waals surface area contributed by atoms with Crippen molar-refractivity contribution >= 4 is 5.97 Å². The van der Waals surface area contributed by atoms with Gasteiger partial charge in [-0.1, -0.05) is 0 Å². The van der Waals surface area contributed by atoms with Crippen molar-refractivity contribution in [3.63, 3.8) is 0 Å². The minimum absolute atomic E-state index is 0.215. The first kappa shape index (κ1) is 16.3. The van der Waals surface area contributed by atoms with Crippen LogP contribution in [0.15, 0.2) is 28.9 Å². The number of nitrogens with zero attached hydrogens (tertiary/aromatic N) is 4. The maximum absolute atomic E-state index is 11.8. The highest BCUT2D eigenvalue weighted by atomic mass is 16.5. The first-order valence-corrected chi connectivity index (χ1v) is 8.12. The van der Waals surface area contributed by atoms with E-state index in [2.05, 4.69) is 10.00 Å². The molecular formula is C17H20N4O3. The summed E-state index contributed by atoms with van der Waals surface area (Å²) in [6.07, 6.45) is 5.38. The third-order valence-electron chi connectivity index (χ3n) is 4.12. The number of aromatic nitrogens is 2. The van der Waals surface area contributed by atoms with Crippen LogP contribution in [-0.2, 0) is 11.3 Å². The maximum atomic E-state index is 11.8. The van der Waals surface area contributed by atoms with Gasteiger partial charge in [0.2, 0.25) is 5.76 Å². The van der Waals surface area contributed by atoms with Crippen LogP contribution in [0.1, 0.15) is 47.7 Å². The number of furan rings is 1. The zero-order valence-electron chi connectivity index (χ0n) is 13.6. The molecule has 1 saturated heterocycles. The lowest BCUT2D eigenvalue weighted by Gasteiger charge is -2.32. The van der Waals surface area contributed by atoms with Gasteiger partial charge in [0.15, 0.2) is 0 Å². The standard InChI is InChI=1S/C17H20N4O3/c1-2-23-17(22)13-9-19-21(10-13)14-4-3-7-20(11-14)12-16-6-5-15(8-18)24-16/h5-6,9-10,14H,2-4,7,11-12H2,1H3/t14-/m1/s1. The van der Waals surface area contributed by atoms with Gasteiger partial charge < -0.3 is 9.15 Å². The lowest BCUT2D eigenvalue weighted by atomic mass is 10.1. The highest BCUT2D eigenvalue weighted by molar-refractivity contribution is 5.88. The van der Waals surface area contributed by atoms with E-state index in [0.29, 0.717) is 24.5 Å². The first-order valence-electron chi connectivity index (χ1n) is 8.12. The second kappa shape index (κ2) is 7.32. The molecule has 0 aromatic carbocycles. The quantitative estimate of drug-likeness (QED) is 0.783. The third kappa shape index (κ3) is 3.66. The fraction of sp³-hybridized carbons (Fsp3) is 0.471. The molecule has 2 aromatic heterocycles. The highest BCUT2D eigenvalue weighted by Crippen LogP contribution is 2.23. The monoisotopic (exact) mass is 328 g/mol. The largest absolute Gasteiger partial charge is 0.462 e. The predicted molar refractivity (Wildman–Crippen MR) is 85.2 cm³/mol. The van der Waals surface area contributed by atoms with Crippen LogP contribution in [0.4, 0.5) is 0 Å². The fourth-order valence-corrected chi connectivity index (χ4v) is 2.99. The smallest absolute Gasteiger partial charge is 0.341 e. The van der Waals surface area contributed by atoms with Crippen LogP contribution in [0.5, 0.6) is 0 Å². The molecule has 0 bridgehead atoms. The molecule has 1 aliphatic rings. The molecule has 0 amide bonds. The zero-order valence-corrected chi connectivity index (χ0v) is 13.6. The molecule has 2 aromatic rings. The van der Waals surface area contributed by atoms with Crippen LogP contribution < -0.4 is 0 Å². The number of piperidine rings is 1. The summed E-state index contributed by atoms with van der Waals surface area (Å²) in [5, 5.41) is 13.2. The molecule has 1 fully saturated rings. The Kier molecular flexibility index (Phi) is 4.96. The van der Waals surface area contributed by atoms with E-state index < -0.39 is 0 Å². The molecule has 0 spiro atoms. The van der Waals surface area contributed by atoms with Crippen LogP contribution in [0, 0.1) is 11.3 Å². The van der Waals surface area contributed by atoms with Gasteiger partial charge in [0.1, 0.15) is 11.8 Å². The van der Waals surface area contributed by atoms with Gasteiger partial charge in [0.25, 0.3) is 0 Å². The van der Waals surface area contributed by atoms with Crippen molar-refractivity contribution in [1.82, 2.24) is 14.7 Å². The number of hydrogen-bond donors (Lipinski definition) is 0. The molecule has 126 valence electrons. The van der Waals surface area contributed by atoms with Gasteiger partial charge in [-0.15, -0.1) is 0 Å². The van der Waals surface area contributed by atoms with Crippen LogP contribution in [0.3, 0.4) is 0 Å². The lowest BCUT2D eigenvalue weighted by molar-refractivity contribution is 0.0526. The Hall–Kier alpha value is -2.59. The van der Waals surface area contributed by atoms with Gasteiger partial charge >= 0.3 is 5.97 Å². The Bertz CT molecular complexity index is 743.